The largest absolute Gasteiger partial charge is 0.497 e. The Kier molecular flexibility index (Phi) is 5.48. The van der Waals surface area contributed by atoms with Crippen LogP contribution < -0.4 is 21.1 Å². The molecule has 2 aromatic rings. The molecule has 0 radical (unpaired) electrons. The highest BCUT2D eigenvalue weighted by Crippen LogP contribution is 2.20. The van der Waals surface area contributed by atoms with Crippen molar-refractivity contribution in [2.45, 2.75) is 18.2 Å². The van der Waals surface area contributed by atoms with Gasteiger partial charge in [0.05, 0.1) is 7.11 Å². The van der Waals surface area contributed by atoms with Crippen LogP contribution in [0.1, 0.15) is 12.2 Å². The number of amides is 1. The van der Waals surface area contributed by atoms with E-state index in [1.54, 1.807) is 13.2 Å². The van der Waals surface area contributed by atoms with Crippen molar-refractivity contribution in [2.24, 2.45) is 5.73 Å². The first-order valence-electron chi connectivity index (χ1n) is 6.47. The first kappa shape index (κ1) is 16.0. The minimum Gasteiger partial charge on any atom is -0.497 e. The van der Waals surface area contributed by atoms with Gasteiger partial charge in [-0.1, -0.05) is 17.8 Å². The zero-order chi connectivity index (χ0) is 15.9. The topological polar surface area (TPSA) is 118 Å². The third-order valence-corrected chi connectivity index (χ3v) is 3.67. The number of primary amides is 1. The number of carbonyl (C=O) groups is 1. The lowest BCUT2D eigenvalue weighted by Gasteiger charge is -2.07. The summed E-state index contributed by atoms with van der Waals surface area (Å²) in [5, 5.41) is 8.42. The minimum absolute atomic E-state index is 0.174. The highest BCUT2D eigenvalue weighted by Gasteiger charge is 2.11. The Bertz CT molecular complexity index is 646. The average Bonchev–Trinajstić information content (AvgIpc) is 2.86. The lowest BCUT2D eigenvalue weighted by atomic mass is 10.3. The van der Waals surface area contributed by atoms with Crippen LogP contribution in [-0.4, -0.2) is 33.6 Å². The number of rotatable bonds is 8. The molecule has 22 heavy (non-hydrogen) atoms. The van der Waals surface area contributed by atoms with E-state index in [9.17, 15) is 4.79 Å². The zero-order valence-corrected chi connectivity index (χ0v) is 12.9. The van der Waals surface area contributed by atoms with Crippen LogP contribution in [0.3, 0.4) is 0 Å². The molecule has 0 aliphatic heterocycles. The fraction of sp³-hybridized carbons (Fsp3) is 0.308. The quantitative estimate of drug-likeness (QED) is 0.538. The lowest BCUT2D eigenvalue weighted by molar-refractivity contribution is -0.117. The second-order valence-corrected chi connectivity index (χ2v) is 5.36. The lowest BCUT2D eigenvalue weighted by Crippen LogP contribution is -2.16. The molecule has 0 spiro atoms. The molecule has 1 aromatic carbocycles. The van der Waals surface area contributed by atoms with E-state index in [0.717, 1.165) is 0 Å². The van der Waals surface area contributed by atoms with Crippen molar-refractivity contribution in [1.82, 2.24) is 14.9 Å². The molecule has 0 fully saturated rings. The molecule has 0 atom stereocenters. The van der Waals surface area contributed by atoms with Crippen LogP contribution >= 0.6 is 11.8 Å². The molecule has 0 saturated carbocycles. The number of hydrogen-bond donors (Lipinski definition) is 2. The summed E-state index contributed by atoms with van der Waals surface area (Å²) in [7, 11) is 1.59. The van der Waals surface area contributed by atoms with Crippen LogP contribution in [0.5, 0.6) is 11.5 Å². The predicted octanol–water partition coefficient (Wildman–Crippen LogP) is 0.547. The Morgan fingerprint density at radius 1 is 1.36 bits per heavy atom. The monoisotopic (exact) mass is 323 g/mol. The van der Waals surface area contributed by atoms with Crippen LogP contribution in [0.4, 0.5) is 0 Å². The molecule has 0 bridgehead atoms. The third kappa shape index (κ3) is 4.29. The average molecular weight is 323 g/mol. The van der Waals surface area contributed by atoms with Crippen molar-refractivity contribution in [3.63, 3.8) is 0 Å². The van der Waals surface area contributed by atoms with Gasteiger partial charge in [-0.15, -0.1) is 10.2 Å². The van der Waals surface area contributed by atoms with E-state index in [-0.39, 0.29) is 18.9 Å². The van der Waals surface area contributed by atoms with Crippen molar-refractivity contribution in [3.8, 4) is 11.5 Å². The summed E-state index contributed by atoms with van der Waals surface area (Å²) < 4.78 is 12.1. The van der Waals surface area contributed by atoms with E-state index in [2.05, 4.69) is 10.2 Å². The first-order chi connectivity index (χ1) is 10.6. The smallest absolute Gasteiger partial charge is 0.218 e. The highest BCUT2D eigenvalue weighted by molar-refractivity contribution is 7.99. The number of nitrogens with zero attached hydrogens (tertiary/aromatic N) is 3. The van der Waals surface area contributed by atoms with Gasteiger partial charge in [0.2, 0.25) is 11.1 Å². The Balaban J connectivity index is 1.93. The number of benzene rings is 1. The van der Waals surface area contributed by atoms with Gasteiger partial charge in [0.25, 0.3) is 0 Å². The normalized spacial score (nSPS) is 10.4. The van der Waals surface area contributed by atoms with E-state index >= 15 is 0 Å². The summed E-state index contributed by atoms with van der Waals surface area (Å²) in [6, 6.07) is 7.22. The van der Waals surface area contributed by atoms with Gasteiger partial charge in [0.1, 0.15) is 18.1 Å². The second kappa shape index (κ2) is 7.55. The van der Waals surface area contributed by atoms with E-state index in [1.165, 1.54) is 16.4 Å². The van der Waals surface area contributed by atoms with Crippen LogP contribution in [-0.2, 0) is 11.4 Å². The number of nitrogens with two attached hydrogens (primary N) is 2. The van der Waals surface area contributed by atoms with Gasteiger partial charge < -0.3 is 21.1 Å². The Morgan fingerprint density at radius 2 is 2.14 bits per heavy atom. The summed E-state index contributed by atoms with van der Waals surface area (Å²) in [5.41, 5.74) is 5.08. The van der Waals surface area contributed by atoms with Crippen LogP contribution in [0.25, 0.3) is 0 Å². The summed E-state index contributed by atoms with van der Waals surface area (Å²) in [5.74, 6) is 7.85. The molecule has 2 rings (SSSR count). The summed E-state index contributed by atoms with van der Waals surface area (Å²) >= 11 is 1.31. The van der Waals surface area contributed by atoms with Gasteiger partial charge >= 0.3 is 0 Å². The molecule has 1 aromatic heterocycles. The minimum atomic E-state index is -0.364. The fourth-order valence-corrected chi connectivity index (χ4v) is 2.41. The standard InChI is InChI=1S/C13H17N5O3S/c1-20-9-3-2-4-10(7-9)21-8-12-16-17-13(18(12)15)22-6-5-11(14)19/h2-4,7H,5-6,8,15H2,1H3,(H2,14,19). The number of hydrogen-bond acceptors (Lipinski definition) is 7. The first-order valence-corrected chi connectivity index (χ1v) is 7.46. The molecule has 8 nitrogen and oxygen atoms in total. The van der Waals surface area contributed by atoms with Crippen LogP contribution in [0.2, 0.25) is 0 Å². The van der Waals surface area contributed by atoms with Gasteiger partial charge in [-0.05, 0) is 12.1 Å². The summed E-state index contributed by atoms with van der Waals surface area (Å²) in [6.45, 7) is 0.174. The Hall–Kier alpha value is -2.42. The maximum Gasteiger partial charge on any atom is 0.218 e. The molecule has 1 heterocycles. The molecular formula is C13H17N5O3S. The number of ether oxygens (including phenoxy) is 2. The molecule has 0 aliphatic carbocycles. The van der Waals surface area contributed by atoms with Crippen molar-refractivity contribution < 1.29 is 14.3 Å². The molecule has 0 unspecified atom stereocenters. The van der Waals surface area contributed by atoms with Gasteiger partial charge in [0, 0.05) is 18.2 Å². The number of carbonyl (C=O) groups excluding carboxylic acids is 1. The fourth-order valence-electron chi connectivity index (χ4n) is 1.59. The van der Waals surface area contributed by atoms with Crippen molar-refractivity contribution in [3.05, 3.63) is 30.1 Å². The number of aromatic nitrogens is 3. The Labute approximate surface area is 131 Å². The predicted molar refractivity (Wildman–Crippen MR) is 82.0 cm³/mol. The maximum atomic E-state index is 10.7. The molecule has 1 amide bonds. The van der Waals surface area contributed by atoms with E-state index in [1.807, 2.05) is 18.2 Å². The molecular weight excluding hydrogens is 306 g/mol. The number of methoxy groups -OCH3 is 1. The number of nitrogen functional groups attached to an aromatic ring is 1. The highest BCUT2D eigenvalue weighted by atomic mass is 32.2. The van der Waals surface area contributed by atoms with E-state index in [4.69, 9.17) is 21.1 Å². The van der Waals surface area contributed by atoms with Gasteiger partial charge in [-0.25, -0.2) is 4.68 Å². The zero-order valence-electron chi connectivity index (χ0n) is 12.1. The molecule has 118 valence electrons. The molecule has 4 N–H and O–H groups in total. The molecule has 9 heteroatoms. The van der Waals surface area contributed by atoms with Crippen molar-refractivity contribution >= 4 is 17.7 Å². The molecule has 0 saturated heterocycles. The Morgan fingerprint density at radius 3 is 2.86 bits per heavy atom. The van der Waals surface area contributed by atoms with Gasteiger partial charge in [0.15, 0.2) is 5.82 Å². The summed E-state index contributed by atoms with van der Waals surface area (Å²) in [6.07, 6.45) is 0.257. The van der Waals surface area contributed by atoms with E-state index in [0.29, 0.717) is 28.2 Å². The van der Waals surface area contributed by atoms with Gasteiger partial charge in [-0.3, -0.25) is 4.79 Å². The van der Waals surface area contributed by atoms with E-state index < -0.39 is 0 Å². The number of thioether (sulfide) groups is 1. The van der Waals surface area contributed by atoms with Crippen LogP contribution in [0.15, 0.2) is 29.4 Å². The third-order valence-electron chi connectivity index (χ3n) is 2.72. The van der Waals surface area contributed by atoms with Gasteiger partial charge in [-0.2, -0.15) is 0 Å². The van der Waals surface area contributed by atoms with Crippen molar-refractivity contribution in [2.75, 3.05) is 18.7 Å². The maximum absolute atomic E-state index is 10.7. The second-order valence-electron chi connectivity index (χ2n) is 4.30. The van der Waals surface area contributed by atoms with Crippen LogP contribution in [0, 0.1) is 0 Å². The SMILES string of the molecule is COc1cccc(OCc2nnc(SCCC(N)=O)n2N)c1. The summed E-state index contributed by atoms with van der Waals surface area (Å²) in [4.78, 5) is 10.7. The molecule has 0 aliphatic rings. The van der Waals surface area contributed by atoms with Crippen molar-refractivity contribution in [1.29, 1.82) is 0 Å².